The number of methoxy groups -OCH3 is 1. The van der Waals surface area contributed by atoms with Gasteiger partial charge in [0.25, 0.3) is 0 Å². The molecule has 1 N–H and O–H groups in total. The summed E-state index contributed by atoms with van der Waals surface area (Å²) in [6.45, 7) is 0.0868. The lowest BCUT2D eigenvalue weighted by atomic mass is 10.2. The molecule has 0 atom stereocenters. The van der Waals surface area contributed by atoms with Crippen molar-refractivity contribution in [1.29, 1.82) is 0 Å². The van der Waals surface area contributed by atoms with Gasteiger partial charge in [0.2, 0.25) is 0 Å². The van der Waals surface area contributed by atoms with Crippen LogP contribution in [0.1, 0.15) is 11.1 Å². The number of nitrogens with zero attached hydrogens (tertiary/aromatic N) is 2. The number of hydrogen-bond donors (Lipinski definition) is 1. The third kappa shape index (κ3) is 5.13. The minimum Gasteiger partial charge on any atom is -0.493 e. The summed E-state index contributed by atoms with van der Waals surface area (Å²) in [6.07, 6.45) is 2.93. The largest absolute Gasteiger partial charge is 0.493 e. The van der Waals surface area contributed by atoms with E-state index in [2.05, 4.69) is 37.4 Å². The van der Waals surface area contributed by atoms with Crippen LogP contribution in [0.2, 0.25) is 0 Å². The van der Waals surface area contributed by atoms with Gasteiger partial charge < -0.3 is 9.47 Å². The van der Waals surface area contributed by atoms with Crippen molar-refractivity contribution in [1.82, 2.24) is 4.98 Å². The smallest absolute Gasteiger partial charge is 0.417 e. The lowest BCUT2D eigenvalue weighted by Crippen LogP contribution is -2.05. The highest BCUT2D eigenvalue weighted by atomic mass is 79.9. The number of anilines is 1. The molecule has 1 heterocycles. The van der Waals surface area contributed by atoms with Crippen LogP contribution in [-0.4, -0.2) is 24.9 Å². The van der Waals surface area contributed by atoms with Crippen LogP contribution in [0.4, 0.5) is 19.0 Å². The first kappa shape index (κ1) is 19.6. The number of hydrazone groups is 1. The van der Waals surface area contributed by atoms with Gasteiger partial charge in [-0.25, -0.2) is 4.98 Å². The van der Waals surface area contributed by atoms with E-state index in [0.29, 0.717) is 21.5 Å². The van der Waals surface area contributed by atoms with Crippen molar-refractivity contribution in [3.8, 4) is 23.8 Å². The van der Waals surface area contributed by atoms with Gasteiger partial charge in [-0.15, -0.1) is 6.42 Å². The summed E-state index contributed by atoms with van der Waals surface area (Å²) < 4.78 is 48.7. The number of aromatic nitrogens is 1. The number of terminal acetylenes is 1. The Hall–Kier alpha value is -2.73. The van der Waals surface area contributed by atoms with Gasteiger partial charge in [0, 0.05) is 6.20 Å². The second-order valence-corrected chi connectivity index (χ2v) is 5.68. The molecule has 2 aromatic rings. The summed E-state index contributed by atoms with van der Waals surface area (Å²) in [7, 11) is 1.48. The molecular formula is C17H13BrF3N3O2. The molecule has 0 saturated heterocycles. The van der Waals surface area contributed by atoms with Crippen LogP contribution in [-0.2, 0) is 6.18 Å². The number of rotatable bonds is 6. The van der Waals surface area contributed by atoms with E-state index in [9.17, 15) is 13.2 Å². The lowest BCUT2D eigenvalue weighted by Gasteiger charge is -2.11. The Kier molecular flexibility index (Phi) is 6.46. The van der Waals surface area contributed by atoms with Gasteiger partial charge in [0.1, 0.15) is 12.4 Å². The van der Waals surface area contributed by atoms with E-state index in [4.69, 9.17) is 15.9 Å². The van der Waals surface area contributed by atoms with Crippen molar-refractivity contribution < 1.29 is 22.6 Å². The first-order chi connectivity index (χ1) is 12.3. The van der Waals surface area contributed by atoms with Crippen molar-refractivity contribution in [2.75, 3.05) is 19.1 Å². The topological polar surface area (TPSA) is 55.7 Å². The highest BCUT2D eigenvalue weighted by molar-refractivity contribution is 9.10. The molecule has 0 fully saturated rings. The van der Waals surface area contributed by atoms with E-state index in [1.54, 1.807) is 12.1 Å². The van der Waals surface area contributed by atoms with E-state index in [0.717, 1.165) is 12.3 Å². The minimum absolute atomic E-state index is 0.0868. The predicted octanol–water partition coefficient (Wildman–Crippen LogP) is 4.33. The Morgan fingerprint density at radius 1 is 1.38 bits per heavy atom. The Morgan fingerprint density at radius 2 is 2.15 bits per heavy atom. The first-order valence-corrected chi connectivity index (χ1v) is 7.90. The number of hydrogen-bond acceptors (Lipinski definition) is 5. The zero-order valence-electron chi connectivity index (χ0n) is 13.5. The molecule has 0 spiro atoms. The summed E-state index contributed by atoms with van der Waals surface area (Å²) in [6, 6.07) is 5.50. The molecule has 0 aliphatic rings. The van der Waals surface area contributed by atoms with Crippen LogP contribution < -0.4 is 14.9 Å². The van der Waals surface area contributed by atoms with Crippen molar-refractivity contribution in [3.63, 3.8) is 0 Å². The molecule has 0 aliphatic carbocycles. The van der Waals surface area contributed by atoms with E-state index < -0.39 is 11.7 Å². The molecule has 0 bridgehead atoms. The molecular weight excluding hydrogens is 415 g/mol. The fourth-order valence-corrected chi connectivity index (χ4v) is 2.44. The van der Waals surface area contributed by atoms with Gasteiger partial charge in [-0.3, -0.25) is 5.43 Å². The van der Waals surface area contributed by atoms with E-state index in [-0.39, 0.29) is 12.4 Å². The van der Waals surface area contributed by atoms with Gasteiger partial charge in [-0.2, -0.15) is 18.3 Å². The van der Waals surface area contributed by atoms with Crippen LogP contribution in [0.15, 0.2) is 40.0 Å². The maximum Gasteiger partial charge on any atom is 0.417 e. The first-order valence-electron chi connectivity index (χ1n) is 7.11. The van der Waals surface area contributed by atoms with E-state index in [1.807, 2.05) is 0 Å². The van der Waals surface area contributed by atoms with Crippen molar-refractivity contribution >= 4 is 28.0 Å². The number of alkyl halides is 3. The fraction of sp³-hybridized carbons (Fsp3) is 0.176. The molecule has 1 aromatic heterocycles. The molecule has 0 radical (unpaired) electrons. The summed E-state index contributed by atoms with van der Waals surface area (Å²) in [5, 5.41) is 3.94. The standard InChI is InChI=1S/C17H13BrF3N3O2/c1-3-6-26-16-13(18)7-11(8-14(16)25-2)9-23-24-15-5-4-12(10-22-15)17(19,20)21/h1,4-5,7-10H,6H2,2H3,(H,22,24)/b23-9-. The Balaban J connectivity index is 2.10. The molecule has 9 heteroatoms. The minimum atomic E-state index is -4.43. The zero-order valence-corrected chi connectivity index (χ0v) is 15.1. The summed E-state index contributed by atoms with van der Waals surface area (Å²) >= 11 is 3.36. The van der Waals surface area contributed by atoms with E-state index in [1.165, 1.54) is 19.4 Å². The Morgan fingerprint density at radius 3 is 2.73 bits per heavy atom. The van der Waals surface area contributed by atoms with Gasteiger partial charge in [-0.05, 0) is 45.8 Å². The Bertz CT molecular complexity index is 831. The van der Waals surface area contributed by atoms with Crippen LogP contribution in [0.5, 0.6) is 11.5 Å². The molecule has 0 amide bonds. The summed E-state index contributed by atoms with van der Waals surface area (Å²) in [4.78, 5) is 3.66. The highest BCUT2D eigenvalue weighted by Crippen LogP contribution is 2.36. The van der Waals surface area contributed by atoms with Crippen LogP contribution in [0.3, 0.4) is 0 Å². The van der Waals surface area contributed by atoms with Gasteiger partial charge >= 0.3 is 6.18 Å². The number of ether oxygens (including phenoxy) is 2. The number of benzene rings is 1. The van der Waals surface area contributed by atoms with Gasteiger partial charge in [0.05, 0.1) is 23.4 Å². The van der Waals surface area contributed by atoms with Crippen molar-refractivity contribution in [2.24, 2.45) is 5.10 Å². The van der Waals surface area contributed by atoms with Crippen molar-refractivity contribution in [3.05, 3.63) is 46.1 Å². The molecule has 0 saturated carbocycles. The fourth-order valence-electron chi connectivity index (χ4n) is 1.87. The van der Waals surface area contributed by atoms with Crippen LogP contribution in [0, 0.1) is 12.3 Å². The highest BCUT2D eigenvalue weighted by Gasteiger charge is 2.30. The molecule has 26 heavy (non-hydrogen) atoms. The molecule has 2 rings (SSSR count). The molecule has 136 valence electrons. The van der Waals surface area contributed by atoms with Gasteiger partial charge in [0.15, 0.2) is 11.5 Å². The third-order valence-corrected chi connectivity index (χ3v) is 3.62. The number of pyridine rings is 1. The quantitative estimate of drug-likeness (QED) is 0.423. The van der Waals surface area contributed by atoms with Crippen LogP contribution >= 0.6 is 15.9 Å². The third-order valence-electron chi connectivity index (χ3n) is 3.04. The SMILES string of the molecule is C#CCOc1c(Br)cc(/C=N\Nc2ccc(C(F)(F)F)cn2)cc1OC. The van der Waals surface area contributed by atoms with Crippen molar-refractivity contribution in [2.45, 2.75) is 6.18 Å². The normalized spacial score (nSPS) is 11.2. The molecule has 1 aromatic carbocycles. The molecule has 0 unspecified atom stereocenters. The maximum atomic E-state index is 12.5. The predicted molar refractivity (Wildman–Crippen MR) is 95.5 cm³/mol. The number of nitrogens with one attached hydrogen (secondary N) is 1. The lowest BCUT2D eigenvalue weighted by molar-refractivity contribution is -0.137. The van der Waals surface area contributed by atoms with Crippen LogP contribution in [0.25, 0.3) is 0 Å². The molecule has 5 nitrogen and oxygen atoms in total. The average molecular weight is 428 g/mol. The summed E-state index contributed by atoms with van der Waals surface area (Å²) in [5.74, 6) is 3.44. The Labute approximate surface area is 156 Å². The average Bonchev–Trinajstić information content (AvgIpc) is 2.60. The second kappa shape index (κ2) is 8.58. The van der Waals surface area contributed by atoms with Gasteiger partial charge in [-0.1, -0.05) is 5.92 Å². The summed E-state index contributed by atoms with van der Waals surface area (Å²) in [5.41, 5.74) is 2.38. The maximum absolute atomic E-state index is 12.5. The number of halogens is 4. The second-order valence-electron chi connectivity index (χ2n) is 4.83. The van der Waals surface area contributed by atoms with E-state index >= 15 is 0 Å². The molecule has 0 aliphatic heterocycles. The zero-order chi connectivity index (χ0) is 19.2. The monoisotopic (exact) mass is 427 g/mol.